The summed E-state index contributed by atoms with van der Waals surface area (Å²) in [7, 11) is -4.32. The molecule has 36 nitrogen and oxygen atoms in total. The topological polar surface area (TPSA) is 423 Å². The number of phenolic OH excluding ortho intramolecular Hbond substituents is 1. The number of benzene rings is 3. The first-order chi connectivity index (χ1) is 68.6. The molecule has 3 aromatic carbocycles. The summed E-state index contributed by atoms with van der Waals surface area (Å²) in [6, 6.07) is 65.1. The normalized spacial score (nSPS) is 11.0. The van der Waals surface area contributed by atoms with Gasteiger partial charge in [-0.25, -0.2) is 56.8 Å². The summed E-state index contributed by atoms with van der Waals surface area (Å²) in [5, 5.41) is 69.8. The van der Waals surface area contributed by atoms with E-state index in [9.17, 15) is 33.0 Å². The largest absolute Gasteiger partial charge is 0.508 e. The van der Waals surface area contributed by atoms with Crippen molar-refractivity contribution in [2.24, 2.45) is 0 Å². The molecule has 0 aliphatic carbocycles. The lowest BCUT2D eigenvalue weighted by molar-refractivity contribution is -0.639. The molecule has 0 aliphatic heterocycles. The molecular formula is C101H119BBr5N19O17SSi3+. The maximum Gasteiger partial charge on any atom is 0.359 e. The number of carbonyl (C=O) groups is 3. The van der Waals surface area contributed by atoms with Crippen molar-refractivity contribution >= 4 is 168 Å². The Morgan fingerprint density at radius 1 is 0.442 bits per heavy atom. The number of aromatic nitrogens is 18. The van der Waals surface area contributed by atoms with Gasteiger partial charge in [-0.3, -0.25) is 9.17 Å². The number of aliphatic hydroxyl groups is 2. The molecule has 18 rings (SSSR count). The van der Waals surface area contributed by atoms with E-state index in [4.69, 9.17) is 43.9 Å². The van der Waals surface area contributed by atoms with Crippen molar-refractivity contribution in [1.29, 1.82) is 0 Å². The van der Waals surface area contributed by atoms with Crippen LogP contribution in [0, 0.1) is 0 Å². The summed E-state index contributed by atoms with van der Waals surface area (Å²) >= 11 is 16.4. The number of aliphatic hydroxyl groups excluding tert-OH is 2. The maximum atomic E-state index is 11.7. The number of nitrogens with zero attached hydrogens (tertiary/aromatic N) is 18. The van der Waals surface area contributed by atoms with Crippen LogP contribution in [0.5, 0.6) is 28.7 Å². The second kappa shape index (κ2) is 57.1. The maximum absolute atomic E-state index is 11.7. The van der Waals surface area contributed by atoms with Gasteiger partial charge >= 0.3 is 17.9 Å². The van der Waals surface area contributed by atoms with Crippen LogP contribution in [0.15, 0.2) is 297 Å². The van der Waals surface area contributed by atoms with Crippen LogP contribution in [0.3, 0.4) is 0 Å². The average Bonchev–Trinajstić information content (AvgIpc) is 1.63. The monoisotopic (exact) mass is 2390 g/mol. The summed E-state index contributed by atoms with van der Waals surface area (Å²) in [4.78, 5) is 37.7. The number of methoxy groups -OCH3 is 2. The Labute approximate surface area is 899 Å². The van der Waals surface area contributed by atoms with E-state index >= 15 is 0 Å². The van der Waals surface area contributed by atoms with Gasteiger partial charge in [-0.15, -0.1) is 0 Å². The third-order valence-electron chi connectivity index (χ3n) is 20.3. The predicted molar refractivity (Wildman–Crippen MR) is 593 cm³/mol. The number of aromatic hydroxyl groups is 1. The molecule has 0 saturated carbocycles. The third kappa shape index (κ3) is 38.6. The highest BCUT2D eigenvalue weighted by Gasteiger charge is 2.27. The molecule has 147 heavy (non-hydrogen) atoms. The number of nitrogen functional groups attached to an aromatic ring is 1. The third-order valence-corrected chi connectivity index (χ3v) is 28.3. The van der Waals surface area contributed by atoms with E-state index in [1.165, 1.54) is 34.0 Å². The molecule has 0 amide bonds. The van der Waals surface area contributed by atoms with Gasteiger partial charge in [-0.1, -0.05) is 78.5 Å². The van der Waals surface area contributed by atoms with Gasteiger partial charge in [0.05, 0.1) is 112 Å². The number of halogens is 5. The number of aromatic carboxylic acids is 1. The number of hydrogen-bond acceptors (Lipinski definition) is 26. The number of esters is 2. The molecule has 15 heterocycles. The van der Waals surface area contributed by atoms with Crippen LogP contribution in [0.4, 0.5) is 0 Å². The Morgan fingerprint density at radius 3 is 1.21 bits per heavy atom. The fourth-order valence-corrected chi connectivity index (χ4v) is 17.2. The van der Waals surface area contributed by atoms with Crippen LogP contribution < -0.4 is 20.0 Å². The van der Waals surface area contributed by atoms with E-state index in [0.717, 1.165) is 128 Å². The smallest absolute Gasteiger partial charge is 0.359 e. The van der Waals surface area contributed by atoms with Crippen molar-refractivity contribution in [3.05, 3.63) is 331 Å². The highest BCUT2D eigenvalue weighted by molar-refractivity contribution is 9.11. The fraction of sp³-hybridized carbons (Fsp3) is 0.257. The number of phenols is 1. The van der Waals surface area contributed by atoms with E-state index < -0.39 is 52.2 Å². The van der Waals surface area contributed by atoms with E-state index in [0.29, 0.717) is 60.0 Å². The summed E-state index contributed by atoms with van der Waals surface area (Å²) < 4.78 is 85.6. The number of ether oxygens (including phenoxy) is 7. The molecule has 15 aromatic heterocycles. The number of carboxylic acids is 1. The quantitative estimate of drug-likeness (QED) is 0.00697. The van der Waals surface area contributed by atoms with Crippen molar-refractivity contribution < 1.29 is 85.2 Å². The van der Waals surface area contributed by atoms with Crippen molar-refractivity contribution in [2.75, 3.05) is 46.1 Å². The minimum Gasteiger partial charge on any atom is -0.508 e. The molecule has 0 spiro atoms. The molecule has 0 unspecified atom stereocenters. The van der Waals surface area contributed by atoms with Crippen LogP contribution in [0.25, 0.3) is 61.4 Å². The molecule has 3 radical (unpaired) electrons. The van der Waals surface area contributed by atoms with Crippen LogP contribution in [-0.4, -0.2) is 202 Å². The van der Waals surface area contributed by atoms with Crippen molar-refractivity contribution in [1.82, 2.24) is 82.4 Å². The fourth-order valence-electron chi connectivity index (χ4n) is 12.9. The highest BCUT2D eigenvalue weighted by Crippen LogP contribution is 2.32. The van der Waals surface area contributed by atoms with Gasteiger partial charge in [0.25, 0.3) is 10.1 Å². The van der Waals surface area contributed by atoms with Crippen LogP contribution in [0.2, 0.25) is 77.1 Å². The number of hydrogen-bond donors (Lipinski definition) is 5. The predicted octanol–water partition coefficient (Wildman–Crippen LogP) is 21.4. The number of nitrogens with two attached hydrogens (primary N) is 1. The van der Waals surface area contributed by atoms with Gasteiger partial charge in [-0.05, 0) is 292 Å². The second-order valence-corrected chi connectivity index (χ2v) is 58.5. The van der Waals surface area contributed by atoms with Crippen molar-refractivity contribution in [3.8, 4) is 62.5 Å². The van der Waals surface area contributed by atoms with Gasteiger partial charge < -0.3 is 53.6 Å². The Balaban J connectivity index is 0.000000214. The Kier molecular flexibility index (Phi) is 46.5. The van der Waals surface area contributed by atoms with Gasteiger partial charge in [0.1, 0.15) is 61.1 Å². The van der Waals surface area contributed by atoms with Crippen molar-refractivity contribution in [3.63, 3.8) is 0 Å². The molecule has 0 saturated heterocycles. The van der Waals surface area contributed by atoms with Gasteiger partial charge in [0, 0.05) is 143 Å². The molecule has 0 aliphatic rings. The highest BCUT2D eigenvalue weighted by atomic mass is 79.9. The molecule has 775 valence electrons. The van der Waals surface area contributed by atoms with Crippen LogP contribution >= 0.6 is 79.6 Å². The van der Waals surface area contributed by atoms with E-state index in [1.807, 2.05) is 178 Å². The van der Waals surface area contributed by atoms with Gasteiger partial charge in [0.15, 0.2) is 17.6 Å². The molecule has 0 bridgehead atoms. The van der Waals surface area contributed by atoms with E-state index in [-0.39, 0.29) is 65.8 Å². The number of carboxylic acid groups (broad SMARTS) is 1. The second-order valence-electron chi connectivity index (χ2n) is 35.4. The Morgan fingerprint density at radius 2 is 0.830 bits per heavy atom. The van der Waals surface area contributed by atoms with E-state index in [2.05, 4.69) is 194 Å². The summed E-state index contributed by atoms with van der Waals surface area (Å²) in [5.41, 5.74) is 11.9. The number of pyridine rings is 7. The lowest BCUT2D eigenvalue weighted by Gasteiger charge is -2.16. The van der Waals surface area contributed by atoms with Gasteiger partial charge in [0.2, 0.25) is 6.20 Å². The first-order valence-corrected chi connectivity index (χ1v) is 61.6. The van der Waals surface area contributed by atoms with Crippen LogP contribution in [-0.2, 0) is 78.0 Å². The average molecular weight is 2400 g/mol. The molecular weight excluding hydrogens is 2280 g/mol. The zero-order chi connectivity index (χ0) is 104. The molecule has 46 heteroatoms. The molecule has 0 fully saturated rings. The molecule has 0 atom stereocenters. The summed E-state index contributed by atoms with van der Waals surface area (Å²) in [5.74, 6) is 5.97. The Hall–Kier alpha value is -12.5. The zero-order valence-corrected chi connectivity index (χ0v) is 93.3. The first-order valence-electron chi connectivity index (χ1n) is 44.7. The van der Waals surface area contributed by atoms with Crippen LogP contribution in [0.1, 0.15) is 63.3 Å². The summed E-state index contributed by atoms with van der Waals surface area (Å²) in [6.45, 7) is 24.5. The van der Waals surface area contributed by atoms with Gasteiger partial charge in [-0.2, -0.15) is 49.2 Å². The number of fused-ring (bicyclic) bond motifs is 5. The molecule has 6 N–H and O–H groups in total. The SMILES string of the molecule is Brc1cccnc1.C.C.COC(=O)c1nn2cc(Br)ccc2c1C(=O)OC.C[Si](C)(C)CCOCn1nccc1-c1ccc(O)cc1.C[Si](C)(C)CCOCn1nccc1-c1ccc(Oc2ccc3cc(CO)nn3c2)cc1.C[Si](C)(C)CCOCn1nccc1-c1ccc(Oc2ccc3cc(COS(C)(=O)=O)nn3c2)cc1.N[n+]1cccc(Br)c1.O=C(O)c1cc2ccc(Br)cn2n1.OCc1cc2ccc(Br)cn2n1.[B]. The molecule has 18 aromatic rings. The lowest BCUT2D eigenvalue weighted by atomic mass is 10.1. The number of carbonyl (C=O) groups excluding carboxylic acids is 2. The first kappa shape index (κ1) is 120. The summed E-state index contributed by atoms with van der Waals surface area (Å²) in [6.07, 6.45) is 22.1. The van der Waals surface area contributed by atoms with E-state index in [1.54, 1.807) is 118 Å². The Bertz CT molecular complexity index is 7350. The minimum absolute atomic E-state index is 0. The minimum atomic E-state index is -3.53. The number of rotatable bonds is 30. The zero-order valence-electron chi connectivity index (χ0n) is 81.6. The lowest BCUT2D eigenvalue weighted by Crippen LogP contribution is -2.43. The van der Waals surface area contributed by atoms with Crippen molar-refractivity contribution in [2.45, 2.75) is 132 Å². The standard InChI is InChI=1S/C24H30N4O5SSi.C23H28N4O3Si.C15H22N2O2Si.C11H9BrN2O4.C8H5BrN2O2.C8H7BrN2O.C5H6BrN2.C5H4BrN.2CH4.B/c1-34(29,30)32-17-20-15-21-7-10-23(16-27(21)26-20)33-22-8-5-19(6-9-22)24-11-12-25-28(24)18-31-13-14-35(2,3)4;1-31(2,3)13-12-29-17-27-23(10-11-24-27)18-4-7-21(8-5-18)30-22-9-6-20-14-19(16-28)25-26(20)15-22;1-20(2,3)11-10-19-12-17-15(8-9-16-17)13-4-6-14(18)7-5-13;1-17-10(15)8-7-4-3-6(12)5-14(7)13-9(8)11(16)18-2;9-5-1-2-6-3-7(8(12)13)10-11(6)4-5;9-6-1-2-8-3-7(5-12)10-11(8)4-6;6-5-2-1-3-8(7)4-5;6-5-2-1-3-7-4-5;;;/h5-12,15-16H,13-14,17-18H2,1-4H3;4-11,14-15,28H,12-13,16-17H2,1-3H3;4-9,18H,10-12H2,1-3H3;3-5H,1-2H3;1-4H,(H,12,13);1-4,12H,5H2;1-4H,7H2;1-4H;2*1H4;/q;;;;;;+1;;;;.